The Bertz CT molecular complexity index is 142. The minimum atomic E-state index is -0.0163. The molecule has 1 heterocycles. The van der Waals surface area contributed by atoms with Crippen LogP contribution in [0.3, 0.4) is 0 Å². The quantitative estimate of drug-likeness (QED) is 0.571. The zero-order valence-electron chi connectivity index (χ0n) is 7.30. The summed E-state index contributed by atoms with van der Waals surface area (Å²) in [5, 5.41) is 0. The molecular formula is C9H16O2. The van der Waals surface area contributed by atoms with Crippen molar-refractivity contribution in [2.45, 2.75) is 33.1 Å². The van der Waals surface area contributed by atoms with Crippen molar-refractivity contribution < 1.29 is 9.53 Å². The standard InChI is InChI=1S/C9H16O2/c1-3-4-8-5-7(2)9(10)11-6-8/h7-8H,3-6H2,1-2H3/t7-,8+/m1/s1. The third-order valence-corrected chi connectivity index (χ3v) is 2.25. The van der Waals surface area contributed by atoms with Crippen LogP contribution in [0.25, 0.3) is 0 Å². The Balaban J connectivity index is 2.33. The third kappa shape index (κ3) is 2.21. The smallest absolute Gasteiger partial charge is 0.308 e. The summed E-state index contributed by atoms with van der Waals surface area (Å²) < 4.78 is 5.02. The molecule has 11 heavy (non-hydrogen) atoms. The Labute approximate surface area is 67.9 Å². The first-order valence-corrected chi connectivity index (χ1v) is 4.40. The summed E-state index contributed by atoms with van der Waals surface area (Å²) in [4.78, 5) is 10.9. The number of esters is 1. The Kier molecular flexibility index (Phi) is 2.92. The van der Waals surface area contributed by atoms with E-state index in [0.717, 1.165) is 6.42 Å². The van der Waals surface area contributed by atoms with Gasteiger partial charge in [0.1, 0.15) is 0 Å². The predicted octanol–water partition coefficient (Wildman–Crippen LogP) is 1.99. The summed E-state index contributed by atoms with van der Waals surface area (Å²) in [6, 6.07) is 0. The van der Waals surface area contributed by atoms with Crippen LogP contribution in [0, 0.1) is 11.8 Å². The summed E-state index contributed by atoms with van der Waals surface area (Å²) in [6.07, 6.45) is 3.40. The average molecular weight is 156 g/mol. The van der Waals surface area contributed by atoms with Gasteiger partial charge in [0.2, 0.25) is 0 Å². The monoisotopic (exact) mass is 156 g/mol. The molecule has 1 saturated heterocycles. The molecule has 0 bridgehead atoms. The van der Waals surface area contributed by atoms with E-state index in [2.05, 4.69) is 6.92 Å². The topological polar surface area (TPSA) is 26.3 Å². The van der Waals surface area contributed by atoms with Crippen molar-refractivity contribution in [1.29, 1.82) is 0 Å². The Morgan fingerprint density at radius 1 is 1.64 bits per heavy atom. The van der Waals surface area contributed by atoms with Crippen molar-refractivity contribution in [3.8, 4) is 0 Å². The summed E-state index contributed by atoms with van der Waals surface area (Å²) in [7, 11) is 0. The molecular weight excluding hydrogens is 140 g/mol. The van der Waals surface area contributed by atoms with E-state index < -0.39 is 0 Å². The van der Waals surface area contributed by atoms with Gasteiger partial charge in [0.25, 0.3) is 0 Å². The highest BCUT2D eigenvalue weighted by Crippen LogP contribution is 2.23. The van der Waals surface area contributed by atoms with Gasteiger partial charge in [0.05, 0.1) is 12.5 Å². The lowest BCUT2D eigenvalue weighted by atomic mass is 9.91. The predicted molar refractivity (Wildman–Crippen MR) is 43.1 cm³/mol. The first kappa shape index (κ1) is 8.57. The van der Waals surface area contributed by atoms with Crippen LogP contribution < -0.4 is 0 Å². The molecule has 1 aliphatic rings. The van der Waals surface area contributed by atoms with Crippen molar-refractivity contribution in [3.05, 3.63) is 0 Å². The lowest BCUT2D eigenvalue weighted by molar-refractivity contribution is -0.155. The number of ether oxygens (including phenoxy) is 1. The zero-order valence-corrected chi connectivity index (χ0v) is 7.30. The van der Waals surface area contributed by atoms with Crippen LogP contribution in [-0.4, -0.2) is 12.6 Å². The van der Waals surface area contributed by atoms with E-state index in [0.29, 0.717) is 12.5 Å². The minimum absolute atomic E-state index is 0.0163. The second-order valence-corrected chi connectivity index (χ2v) is 3.42. The average Bonchev–Trinajstić information content (AvgIpc) is 1.98. The van der Waals surface area contributed by atoms with Gasteiger partial charge < -0.3 is 4.74 Å². The SMILES string of the molecule is CCC[C@@H]1COC(=O)[C@H](C)C1. The normalized spacial score (nSPS) is 31.6. The molecule has 64 valence electrons. The van der Waals surface area contributed by atoms with E-state index in [-0.39, 0.29) is 11.9 Å². The van der Waals surface area contributed by atoms with Crippen LogP contribution in [-0.2, 0) is 9.53 Å². The summed E-state index contributed by atoms with van der Waals surface area (Å²) in [6.45, 7) is 4.77. The maximum absolute atomic E-state index is 10.9. The van der Waals surface area contributed by atoms with Crippen LogP contribution in [0.2, 0.25) is 0 Å². The highest BCUT2D eigenvalue weighted by atomic mass is 16.5. The molecule has 0 unspecified atom stereocenters. The van der Waals surface area contributed by atoms with Crippen molar-refractivity contribution in [2.75, 3.05) is 6.61 Å². The lowest BCUT2D eigenvalue weighted by Gasteiger charge is -2.25. The van der Waals surface area contributed by atoms with Gasteiger partial charge in [-0.05, 0) is 18.8 Å². The van der Waals surface area contributed by atoms with E-state index in [1.807, 2.05) is 6.92 Å². The van der Waals surface area contributed by atoms with Gasteiger partial charge in [-0.15, -0.1) is 0 Å². The van der Waals surface area contributed by atoms with Crippen LogP contribution >= 0.6 is 0 Å². The number of hydrogen-bond acceptors (Lipinski definition) is 2. The first-order chi connectivity index (χ1) is 5.24. The minimum Gasteiger partial charge on any atom is -0.465 e. The van der Waals surface area contributed by atoms with Crippen molar-refractivity contribution in [2.24, 2.45) is 11.8 Å². The van der Waals surface area contributed by atoms with Crippen LogP contribution in [0.1, 0.15) is 33.1 Å². The molecule has 0 saturated carbocycles. The molecule has 1 rings (SSSR count). The molecule has 2 nitrogen and oxygen atoms in total. The maximum Gasteiger partial charge on any atom is 0.308 e. The molecule has 1 fully saturated rings. The maximum atomic E-state index is 10.9. The summed E-state index contributed by atoms with van der Waals surface area (Å²) >= 11 is 0. The van der Waals surface area contributed by atoms with Crippen molar-refractivity contribution in [1.82, 2.24) is 0 Å². The molecule has 0 aromatic carbocycles. The van der Waals surface area contributed by atoms with Gasteiger partial charge in [-0.25, -0.2) is 0 Å². The summed E-state index contributed by atoms with van der Waals surface area (Å²) in [5.41, 5.74) is 0. The van der Waals surface area contributed by atoms with Gasteiger partial charge in [0.15, 0.2) is 0 Å². The molecule has 0 N–H and O–H groups in total. The highest BCUT2D eigenvalue weighted by molar-refractivity contribution is 5.72. The summed E-state index contributed by atoms with van der Waals surface area (Å²) in [5.74, 6) is 0.727. The fraction of sp³-hybridized carbons (Fsp3) is 0.889. The molecule has 0 aromatic heterocycles. The molecule has 1 aliphatic heterocycles. The van der Waals surface area contributed by atoms with Crippen LogP contribution in [0.15, 0.2) is 0 Å². The van der Waals surface area contributed by atoms with Crippen molar-refractivity contribution in [3.63, 3.8) is 0 Å². The Hall–Kier alpha value is -0.530. The third-order valence-electron chi connectivity index (χ3n) is 2.25. The first-order valence-electron chi connectivity index (χ1n) is 4.40. The number of cyclic esters (lactones) is 1. The fourth-order valence-electron chi connectivity index (χ4n) is 1.62. The zero-order chi connectivity index (χ0) is 8.27. The molecule has 0 aliphatic carbocycles. The largest absolute Gasteiger partial charge is 0.465 e. The molecule has 2 atom stereocenters. The number of rotatable bonds is 2. The van der Waals surface area contributed by atoms with Gasteiger partial charge in [-0.3, -0.25) is 4.79 Å². The Morgan fingerprint density at radius 2 is 2.36 bits per heavy atom. The number of carbonyl (C=O) groups excluding carboxylic acids is 1. The second-order valence-electron chi connectivity index (χ2n) is 3.42. The molecule has 0 radical (unpaired) electrons. The number of carbonyl (C=O) groups is 1. The molecule has 0 spiro atoms. The second kappa shape index (κ2) is 3.74. The highest BCUT2D eigenvalue weighted by Gasteiger charge is 2.25. The van der Waals surface area contributed by atoms with Gasteiger partial charge in [-0.1, -0.05) is 20.3 Å². The van der Waals surface area contributed by atoms with E-state index in [1.165, 1.54) is 12.8 Å². The number of hydrogen-bond donors (Lipinski definition) is 0. The Morgan fingerprint density at radius 3 is 2.91 bits per heavy atom. The van der Waals surface area contributed by atoms with Gasteiger partial charge >= 0.3 is 5.97 Å². The van der Waals surface area contributed by atoms with Crippen molar-refractivity contribution >= 4 is 5.97 Å². The lowest BCUT2D eigenvalue weighted by Crippen LogP contribution is -2.28. The van der Waals surface area contributed by atoms with Gasteiger partial charge in [-0.2, -0.15) is 0 Å². The van der Waals surface area contributed by atoms with E-state index >= 15 is 0 Å². The fourth-order valence-corrected chi connectivity index (χ4v) is 1.62. The molecule has 0 aromatic rings. The van der Waals surface area contributed by atoms with E-state index in [9.17, 15) is 4.79 Å². The van der Waals surface area contributed by atoms with Crippen LogP contribution in [0.5, 0.6) is 0 Å². The van der Waals surface area contributed by atoms with Gasteiger partial charge in [0, 0.05) is 0 Å². The molecule has 2 heteroatoms. The molecule has 0 amide bonds. The van der Waals surface area contributed by atoms with E-state index in [4.69, 9.17) is 4.74 Å². The van der Waals surface area contributed by atoms with E-state index in [1.54, 1.807) is 0 Å². The van der Waals surface area contributed by atoms with Crippen LogP contribution in [0.4, 0.5) is 0 Å².